The molecule has 0 saturated carbocycles. The van der Waals surface area contributed by atoms with Crippen LogP contribution in [0.15, 0.2) is 41.0 Å². The van der Waals surface area contributed by atoms with Gasteiger partial charge in [0.2, 0.25) is 0 Å². The van der Waals surface area contributed by atoms with Crippen LogP contribution in [0.3, 0.4) is 0 Å². The van der Waals surface area contributed by atoms with Crippen LogP contribution in [0.1, 0.15) is 27.0 Å². The summed E-state index contributed by atoms with van der Waals surface area (Å²) in [5.74, 6) is -0.477. The number of amides is 1. The second-order valence-corrected chi connectivity index (χ2v) is 5.97. The maximum absolute atomic E-state index is 11.5. The van der Waals surface area contributed by atoms with Gasteiger partial charge >= 0.3 is 0 Å². The zero-order chi connectivity index (χ0) is 16.5. The molecule has 0 radical (unpaired) electrons. The minimum atomic E-state index is -0.477. The number of aromatic nitrogens is 2. The van der Waals surface area contributed by atoms with Gasteiger partial charge < -0.3 is 0 Å². The van der Waals surface area contributed by atoms with E-state index < -0.39 is 5.91 Å². The maximum atomic E-state index is 11.5. The minimum absolute atomic E-state index is 0.477. The van der Waals surface area contributed by atoms with Gasteiger partial charge in [0.1, 0.15) is 11.0 Å². The van der Waals surface area contributed by atoms with Crippen LogP contribution in [-0.4, -0.2) is 32.9 Å². The van der Waals surface area contributed by atoms with E-state index in [1.54, 1.807) is 11.5 Å². The summed E-state index contributed by atoms with van der Waals surface area (Å²) in [5, 5.41) is 16.4. The van der Waals surface area contributed by atoms with Crippen molar-refractivity contribution in [2.75, 3.05) is 6.54 Å². The Morgan fingerprint density at radius 3 is 2.92 bits per heavy atom. The highest BCUT2D eigenvalue weighted by atomic mass is 16.6. The fourth-order valence-electron chi connectivity index (χ4n) is 3.14. The minimum Gasteiger partial charge on any atom is -0.294 e. The number of carbonyl (C=O) groups is 1. The molecule has 0 saturated heterocycles. The van der Waals surface area contributed by atoms with Gasteiger partial charge in [-0.2, -0.15) is 0 Å². The predicted molar refractivity (Wildman–Crippen MR) is 85.3 cm³/mol. The number of nitrogens with zero attached hydrogens (tertiary/aromatic N) is 3. The molecular weight excluding hydrogens is 308 g/mol. The Morgan fingerprint density at radius 1 is 1.17 bits per heavy atom. The molecule has 7 heteroatoms. The number of hydrogen-bond acceptors (Lipinski definition) is 6. The third-order valence-electron chi connectivity index (χ3n) is 4.39. The molecule has 0 bridgehead atoms. The number of fused-ring (bicyclic) bond motifs is 2. The van der Waals surface area contributed by atoms with Gasteiger partial charge in [0, 0.05) is 25.2 Å². The molecule has 1 aromatic heterocycles. The molecule has 0 atom stereocenters. The SMILES string of the molecule is O=C(NO)c1ccc2c(c1)CCN(Cc1ccc3nonc3c1)C2. The molecule has 2 N–H and O–H groups in total. The van der Waals surface area contributed by atoms with Crippen molar-refractivity contribution in [3.05, 3.63) is 58.7 Å². The fraction of sp³-hybridized carbons (Fsp3) is 0.235. The summed E-state index contributed by atoms with van der Waals surface area (Å²) in [5.41, 5.74) is 7.21. The first-order chi connectivity index (χ1) is 11.7. The summed E-state index contributed by atoms with van der Waals surface area (Å²) in [6, 6.07) is 11.5. The molecule has 7 nitrogen and oxygen atoms in total. The van der Waals surface area contributed by atoms with Crippen molar-refractivity contribution in [1.29, 1.82) is 0 Å². The predicted octanol–water partition coefficient (Wildman–Crippen LogP) is 1.90. The van der Waals surface area contributed by atoms with E-state index in [-0.39, 0.29) is 0 Å². The first-order valence-electron chi connectivity index (χ1n) is 7.73. The molecule has 4 rings (SSSR count). The summed E-state index contributed by atoms with van der Waals surface area (Å²) in [6.07, 6.45) is 0.871. The van der Waals surface area contributed by atoms with E-state index in [4.69, 9.17) is 9.84 Å². The van der Waals surface area contributed by atoms with Gasteiger partial charge in [0.25, 0.3) is 5.91 Å². The van der Waals surface area contributed by atoms with Crippen LogP contribution in [-0.2, 0) is 19.5 Å². The molecule has 122 valence electrons. The lowest BCUT2D eigenvalue weighted by Gasteiger charge is -2.29. The van der Waals surface area contributed by atoms with E-state index in [0.29, 0.717) is 5.56 Å². The monoisotopic (exact) mass is 324 g/mol. The van der Waals surface area contributed by atoms with Crippen LogP contribution in [0.25, 0.3) is 11.0 Å². The van der Waals surface area contributed by atoms with Gasteiger partial charge in [-0.1, -0.05) is 12.1 Å². The topological polar surface area (TPSA) is 91.5 Å². The summed E-state index contributed by atoms with van der Waals surface area (Å²) >= 11 is 0. The van der Waals surface area contributed by atoms with Crippen molar-refractivity contribution >= 4 is 16.9 Å². The summed E-state index contributed by atoms with van der Waals surface area (Å²) in [6.45, 7) is 2.55. The third kappa shape index (κ3) is 2.75. The zero-order valence-electron chi connectivity index (χ0n) is 12.9. The van der Waals surface area contributed by atoms with Gasteiger partial charge in [-0.3, -0.25) is 14.9 Å². The lowest BCUT2D eigenvalue weighted by atomic mass is 9.96. The Labute approximate surface area is 137 Å². The molecule has 3 aromatic rings. The molecule has 24 heavy (non-hydrogen) atoms. The van der Waals surface area contributed by atoms with Gasteiger partial charge in [-0.15, -0.1) is 0 Å². The van der Waals surface area contributed by atoms with E-state index in [0.717, 1.165) is 48.2 Å². The Balaban J connectivity index is 1.50. The lowest BCUT2D eigenvalue weighted by molar-refractivity contribution is 0.0706. The van der Waals surface area contributed by atoms with Crippen LogP contribution in [0.5, 0.6) is 0 Å². The highest BCUT2D eigenvalue weighted by Gasteiger charge is 2.18. The number of hydroxylamine groups is 1. The van der Waals surface area contributed by atoms with Crippen LogP contribution in [0, 0.1) is 0 Å². The average Bonchev–Trinajstić information content (AvgIpc) is 3.08. The Kier molecular flexibility index (Phi) is 3.72. The van der Waals surface area contributed by atoms with Crippen LogP contribution in [0.2, 0.25) is 0 Å². The number of rotatable bonds is 3. The van der Waals surface area contributed by atoms with Crippen molar-refractivity contribution in [2.24, 2.45) is 0 Å². The summed E-state index contributed by atoms with van der Waals surface area (Å²) in [4.78, 5) is 13.8. The molecule has 0 spiro atoms. The summed E-state index contributed by atoms with van der Waals surface area (Å²) < 4.78 is 4.73. The third-order valence-corrected chi connectivity index (χ3v) is 4.39. The van der Waals surface area contributed by atoms with Crippen molar-refractivity contribution in [3.63, 3.8) is 0 Å². The van der Waals surface area contributed by atoms with Crippen molar-refractivity contribution < 1.29 is 14.6 Å². The number of benzene rings is 2. The summed E-state index contributed by atoms with van der Waals surface area (Å²) in [7, 11) is 0. The van der Waals surface area contributed by atoms with Gasteiger partial charge in [-0.05, 0) is 57.7 Å². The van der Waals surface area contributed by atoms with Crippen molar-refractivity contribution in [1.82, 2.24) is 20.7 Å². The molecule has 1 aliphatic rings. The Bertz CT molecular complexity index is 906. The largest absolute Gasteiger partial charge is 0.294 e. The molecular formula is C17H16N4O3. The highest BCUT2D eigenvalue weighted by molar-refractivity contribution is 5.93. The van der Waals surface area contributed by atoms with E-state index in [9.17, 15) is 4.79 Å². The van der Waals surface area contributed by atoms with E-state index in [1.165, 1.54) is 5.56 Å². The molecule has 0 fully saturated rings. The van der Waals surface area contributed by atoms with Crippen molar-refractivity contribution in [3.8, 4) is 0 Å². The molecule has 1 amide bonds. The van der Waals surface area contributed by atoms with E-state index in [1.807, 2.05) is 30.3 Å². The van der Waals surface area contributed by atoms with Gasteiger partial charge in [0.15, 0.2) is 0 Å². The molecule has 2 heterocycles. The quantitative estimate of drug-likeness (QED) is 0.565. The number of hydrogen-bond donors (Lipinski definition) is 2. The highest BCUT2D eigenvalue weighted by Crippen LogP contribution is 2.22. The zero-order valence-corrected chi connectivity index (χ0v) is 12.9. The lowest BCUT2D eigenvalue weighted by Crippen LogP contribution is -2.30. The van der Waals surface area contributed by atoms with Gasteiger partial charge in [0.05, 0.1) is 0 Å². The Hall–Kier alpha value is -2.77. The fourth-order valence-corrected chi connectivity index (χ4v) is 3.14. The average molecular weight is 324 g/mol. The molecule has 1 aliphatic heterocycles. The standard InChI is InChI=1S/C17H16N4O3/c22-17(18-23)13-2-3-14-10-21(6-5-12(14)8-13)9-11-1-4-15-16(7-11)20-24-19-15/h1-4,7-8,23H,5-6,9-10H2,(H,18,22). The van der Waals surface area contributed by atoms with Crippen LogP contribution < -0.4 is 5.48 Å². The molecule has 0 unspecified atom stereocenters. The smallest absolute Gasteiger partial charge is 0.274 e. The normalized spacial score (nSPS) is 14.5. The number of nitrogens with one attached hydrogen (secondary N) is 1. The number of carbonyl (C=O) groups excluding carboxylic acids is 1. The van der Waals surface area contributed by atoms with Crippen LogP contribution in [0.4, 0.5) is 0 Å². The van der Waals surface area contributed by atoms with E-state index >= 15 is 0 Å². The maximum Gasteiger partial charge on any atom is 0.274 e. The van der Waals surface area contributed by atoms with Crippen molar-refractivity contribution in [2.45, 2.75) is 19.5 Å². The first-order valence-corrected chi connectivity index (χ1v) is 7.73. The van der Waals surface area contributed by atoms with E-state index in [2.05, 4.69) is 15.2 Å². The molecule has 2 aromatic carbocycles. The first kappa shape index (κ1) is 14.8. The second-order valence-electron chi connectivity index (χ2n) is 5.97. The Morgan fingerprint density at radius 2 is 2.04 bits per heavy atom. The van der Waals surface area contributed by atoms with Crippen LogP contribution >= 0.6 is 0 Å². The van der Waals surface area contributed by atoms with Gasteiger partial charge in [-0.25, -0.2) is 10.1 Å². The molecule has 0 aliphatic carbocycles. The second kappa shape index (κ2) is 6.03.